The second kappa shape index (κ2) is 9.87. The third kappa shape index (κ3) is 5.37. The number of carbonyl (C=O) groups excluding carboxylic acids is 3. The molecule has 164 valence electrons. The second-order valence-corrected chi connectivity index (χ2v) is 7.37. The number of rotatable bonds is 7. The summed E-state index contributed by atoms with van der Waals surface area (Å²) in [6, 6.07) is 16.3. The van der Waals surface area contributed by atoms with Crippen LogP contribution in [0.1, 0.15) is 41.2 Å². The fraction of sp³-hybridized carbons (Fsp3) is 0.200. The maximum Gasteiger partial charge on any atom is 0.331 e. The number of nitrogens with one attached hydrogen (secondary N) is 1. The van der Waals surface area contributed by atoms with Crippen molar-refractivity contribution in [1.82, 2.24) is 9.78 Å². The molecule has 2 aromatic carbocycles. The monoisotopic (exact) mass is 431 g/mol. The van der Waals surface area contributed by atoms with Crippen LogP contribution in [-0.4, -0.2) is 33.5 Å². The Hall–Kier alpha value is -4.00. The first kappa shape index (κ1) is 22.7. The van der Waals surface area contributed by atoms with Gasteiger partial charge < -0.3 is 10.1 Å². The van der Waals surface area contributed by atoms with Crippen molar-refractivity contribution in [3.63, 3.8) is 0 Å². The Morgan fingerprint density at radius 2 is 1.78 bits per heavy atom. The van der Waals surface area contributed by atoms with Crippen LogP contribution in [0.3, 0.4) is 0 Å². The quantitative estimate of drug-likeness (QED) is 0.343. The molecule has 1 N–H and O–H groups in total. The van der Waals surface area contributed by atoms with Crippen molar-refractivity contribution in [3.8, 4) is 5.69 Å². The Balaban J connectivity index is 1.64. The topological polar surface area (TPSA) is 90.3 Å². The zero-order chi connectivity index (χ0) is 23.3. The number of Topliss-reactive ketones (excluding diaryl/α,β-unsaturated/α-hetero) is 1. The van der Waals surface area contributed by atoms with E-state index >= 15 is 0 Å². The van der Waals surface area contributed by atoms with Gasteiger partial charge in [0.15, 0.2) is 11.9 Å². The number of hydrogen-bond acceptors (Lipinski definition) is 5. The molecular formula is C25H25N3O4. The Morgan fingerprint density at radius 1 is 1.06 bits per heavy atom. The van der Waals surface area contributed by atoms with Crippen molar-refractivity contribution < 1.29 is 19.1 Å². The van der Waals surface area contributed by atoms with Crippen molar-refractivity contribution >= 4 is 29.4 Å². The molecule has 0 fully saturated rings. The van der Waals surface area contributed by atoms with E-state index in [2.05, 4.69) is 10.4 Å². The molecule has 7 nitrogen and oxygen atoms in total. The van der Waals surface area contributed by atoms with E-state index in [0.29, 0.717) is 11.3 Å². The first-order valence-corrected chi connectivity index (χ1v) is 10.2. The van der Waals surface area contributed by atoms with Gasteiger partial charge in [0.1, 0.15) is 0 Å². The molecule has 1 aromatic heterocycles. The highest BCUT2D eigenvalue weighted by atomic mass is 16.5. The minimum atomic E-state index is -1.01. The fourth-order valence-electron chi connectivity index (χ4n) is 3.19. The summed E-state index contributed by atoms with van der Waals surface area (Å²) in [6.45, 7) is 6.72. The molecule has 0 aliphatic rings. The smallest absolute Gasteiger partial charge is 0.331 e. The number of para-hydroxylation sites is 1. The molecule has 0 spiro atoms. The van der Waals surface area contributed by atoms with Crippen molar-refractivity contribution in [2.45, 2.75) is 33.8 Å². The zero-order valence-corrected chi connectivity index (χ0v) is 18.5. The molecular weight excluding hydrogens is 406 g/mol. The van der Waals surface area contributed by atoms with Gasteiger partial charge in [0, 0.05) is 28.6 Å². The van der Waals surface area contributed by atoms with E-state index in [0.717, 1.165) is 22.6 Å². The third-order valence-corrected chi connectivity index (χ3v) is 4.93. The predicted molar refractivity (Wildman–Crippen MR) is 123 cm³/mol. The van der Waals surface area contributed by atoms with Crippen molar-refractivity contribution in [3.05, 3.63) is 83.2 Å². The minimum Gasteiger partial charge on any atom is -0.449 e. The van der Waals surface area contributed by atoms with Crippen LogP contribution < -0.4 is 5.32 Å². The fourth-order valence-corrected chi connectivity index (χ4v) is 3.19. The van der Waals surface area contributed by atoms with Crippen LogP contribution in [0.25, 0.3) is 11.8 Å². The molecule has 3 rings (SSSR count). The van der Waals surface area contributed by atoms with E-state index in [1.165, 1.54) is 19.9 Å². The molecule has 0 saturated carbocycles. The van der Waals surface area contributed by atoms with Gasteiger partial charge in [0.05, 0.1) is 11.4 Å². The number of benzene rings is 2. The SMILES string of the molecule is CC(=O)c1cccc(NC(=O)C(C)OC(=O)/C=C/c2c(C)nn(-c3ccccc3)c2C)c1. The highest BCUT2D eigenvalue weighted by Crippen LogP contribution is 2.19. The summed E-state index contributed by atoms with van der Waals surface area (Å²) < 4.78 is 7.03. The van der Waals surface area contributed by atoms with Gasteiger partial charge in [-0.25, -0.2) is 9.48 Å². The van der Waals surface area contributed by atoms with Crippen LogP contribution in [0.2, 0.25) is 0 Å². The normalized spacial score (nSPS) is 11.9. The molecule has 0 aliphatic carbocycles. The number of carbonyl (C=O) groups is 3. The van der Waals surface area contributed by atoms with Crippen LogP contribution in [0.4, 0.5) is 5.69 Å². The van der Waals surface area contributed by atoms with Crippen molar-refractivity contribution in [2.75, 3.05) is 5.32 Å². The lowest BCUT2D eigenvalue weighted by Crippen LogP contribution is -2.29. The van der Waals surface area contributed by atoms with E-state index < -0.39 is 18.0 Å². The Morgan fingerprint density at radius 3 is 2.47 bits per heavy atom. The van der Waals surface area contributed by atoms with Crippen LogP contribution >= 0.6 is 0 Å². The van der Waals surface area contributed by atoms with Gasteiger partial charge in [0.2, 0.25) is 0 Å². The molecule has 1 heterocycles. The van der Waals surface area contributed by atoms with Gasteiger partial charge in [-0.1, -0.05) is 30.3 Å². The standard InChI is InChI=1S/C25H25N3O4/c1-16-23(17(2)28(27-16)22-11-6-5-7-12-22)13-14-24(30)32-19(4)25(31)26-21-10-8-9-20(15-21)18(3)29/h5-15,19H,1-4H3,(H,26,31)/b14-13+. The van der Waals surface area contributed by atoms with Gasteiger partial charge in [-0.15, -0.1) is 0 Å². The molecule has 0 radical (unpaired) electrons. The summed E-state index contributed by atoms with van der Waals surface area (Å²) in [5.41, 5.74) is 4.33. The Bertz CT molecular complexity index is 1180. The van der Waals surface area contributed by atoms with Gasteiger partial charge in [0.25, 0.3) is 5.91 Å². The first-order chi connectivity index (χ1) is 15.3. The van der Waals surface area contributed by atoms with Crippen LogP contribution in [0, 0.1) is 13.8 Å². The molecule has 0 bridgehead atoms. The minimum absolute atomic E-state index is 0.105. The predicted octanol–water partition coefficient (Wildman–Crippen LogP) is 4.28. The lowest BCUT2D eigenvalue weighted by molar-refractivity contribution is -0.148. The van der Waals surface area contributed by atoms with Gasteiger partial charge >= 0.3 is 5.97 Å². The summed E-state index contributed by atoms with van der Waals surface area (Å²) in [4.78, 5) is 36.1. The molecule has 3 aromatic rings. The summed E-state index contributed by atoms with van der Waals surface area (Å²) in [6.07, 6.45) is 1.91. The number of hydrogen-bond donors (Lipinski definition) is 1. The van der Waals surface area contributed by atoms with E-state index in [1.807, 2.05) is 48.9 Å². The number of ketones is 1. The summed E-state index contributed by atoms with van der Waals surface area (Å²) in [7, 11) is 0. The van der Waals surface area contributed by atoms with Crippen LogP contribution in [-0.2, 0) is 14.3 Å². The number of anilines is 1. The summed E-state index contributed by atoms with van der Waals surface area (Å²) in [5.74, 6) is -1.24. The number of aromatic nitrogens is 2. The number of nitrogens with zero attached hydrogens (tertiary/aromatic N) is 2. The van der Waals surface area contributed by atoms with Crippen LogP contribution in [0.15, 0.2) is 60.7 Å². The van der Waals surface area contributed by atoms with E-state index in [9.17, 15) is 14.4 Å². The number of ether oxygens (including phenoxy) is 1. The lowest BCUT2D eigenvalue weighted by atomic mass is 10.1. The average molecular weight is 431 g/mol. The Labute approximate surface area is 186 Å². The largest absolute Gasteiger partial charge is 0.449 e. The maximum absolute atomic E-state index is 12.4. The number of esters is 1. The number of amides is 1. The summed E-state index contributed by atoms with van der Waals surface area (Å²) >= 11 is 0. The van der Waals surface area contributed by atoms with Crippen molar-refractivity contribution in [1.29, 1.82) is 0 Å². The molecule has 1 amide bonds. The van der Waals surface area contributed by atoms with E-state index in [4.69, 9.17) is 4.74 Å². The van der Waals surface area contributed by atoms with Gasteiger partial charge in [-0.2, -0.15) is 5.10 Å². The lowest BCUT2D eigenvalue weighted by Gasteiger charge is -2.12. The Kier molecular flexibility index (Phi) is 7.00. The third-order valence-electron chi connectivity index (χ3n) is 4.93. The highest BCUT2D eigenvalue weighted by Gasteiger charge is 2.17. The average Bonchev–Trinajstić information content (AvgIpc) is 3.06. The zero-order valence-electron chi connectivity index (χ0n) is 18.5. The molecule has 7 heteroatoms. The molecule has 0 saturated heterocycles. The van der Waals surface area contributed by atoms with E-state index in [-0.39, 0.29) is 5.78 Å². The van der Waals surface area contributed by atoms with Gasteiger partial charge in [-0.3, -0.25) is 9.59 Å². The maximum atomic E-state index is 12.4. The van der Waals surface area contributed by atoms with Crippen molar-refractivity contribution in [2.24, 2.45) is 0 Å². The molecule has 1 unspecified atom stereocenters. The van der Waals surface area contributed by atoms with E-state index in [1.54, 1.807) is 30.3 Å². The highest BCUT2D eigenvalue weighted by molar-refractivity contribution is 5.99. The summed E-state index contributed by atoms with van der Waals surface area (Å²) in [5, 5.41) is 7.19. The second-order valence-electron chi connectivity index (χ2n) is 7.37. The molecule has 1 atom stereocenters. The van der Waals surface area contributed by atoms with Crippen LogP contribution in [0.5, 0.6) is 0 Å². The molecule has 32 heavy (non-hydrogen) atoms. The first-order valence-electron chi connectivity index (χ1n) is 10.2. The number of aryl methyl sites for hydroxylation is 1. The molecule has 0 aliphatic heterocycles. The van der Waals surface area contributed by atoms with Gasteiger partial charge in [-0.05, 0) is 58.0 Å².